The summed E-state index contributed by atoms with van der Waals surface area (Å²) in [4.78, 5) is 25.3. The molecule has 0 saturated heterocycles. The van der Waals surface area contributed by atoms with E-state index in [4.69, 9.17) is 5.11 Å². The molecule has 0 radical (unpaired) electrons. The minimum Gasteiger partial charge on any atom is -0.492 e. The van der Waals surface area contributed by atoms with Crippen LogP contribution in [-0.4, -0.2) is 27.1 Å². The van der Waals surface area contributed by atoms with Crippen molar-refractivity contribution in [1.29, 1.82) is 0 Å². The fourth-order valence-corrected chi connectivity index (χ4v) is 2.28. The van der Waals surface area contributed by atoms with Crippen LogP contribution in [0.15, 0.2) is 24.3 Å². The molecular weight excluding hydrogens is 268 g/mol. The van der Waals surface area contributed by atoms with Gasteiger partial charge in [-0.3, -0.25) is 4.79 Å². The van der Waals surface area contributed by atoms with E-state index in [9.17, 15) is 14.7 Å². The quantitative estimate of drug-likeness (QED) is 0.799. The van der Waals surface area contributed by atoms with Crippen LogP contribution in [0.5, 0.6) is 5.88 Å². The fraction of sp³-hybridized carbons (Fsp3) is 0.0833. The van der Waals surface area contributed by atoms with Crippen LogP contribution >= 0.6 is 11.3 Å². The number of carboxylic acid groups (broad SMARTS) is 1. The van der Waals surface area contributed by atoms with E-state index < -0.39 is 11.8 Å². The Hall–Kier alpha value is -2.41. The maximum atomic E-state index is 10.9. The second-order valence-corrected chi connectivity index (χ2v) is 4.73. The predicted molar refractivity (Wildman–Crippen MR) is 70.5 cm³/mol. The van der Waals surface area contributed by atoms with Gasteiger partial charge in [0.05, 0.1) is 0 Å². The van der Waals surface area contributed by atoms with E-state index >= 15 is 0 Å². The van der Waals surface area contributed by atoms with Crippen molar-refractivity contribution in [1.82, 2.24) is 4.98 Å². The Balaban J connectivity index is 2.29. The molecule has 2 rings (SSSR count). The summed E-state index contributed by atoms with van der Waals surface area (Å²) in [5.41, 5.74) is 1.30. The van der Waals surface area contributed by atoms with E-state index in [0.717, 1.165) is 11.3 Å². The number of aromatic carboxylic acids is 1. The number of amides is 1. The highest BCUT2D eigenvalue weighted by molar-refractivity contribution is 7.17. The molecule has 19 heavy (non-hydrogen) atoms. The van der Waals surface area contributed by atoms with Gasteiger partial charge in [0.2, 0.25) is 11.8 Å². The van der Waals surface area contributed by atoms with Crippen molar-refractivity contribution in [3.05, 3.63) is 29.1 Å². The smallest absolute Gasteiger partial charge is 0.351 e. The number of carboxylic acids is 1. The Morgan fingerprint density at radius 1 is 1.26 bits per heavy atom. The second kappa shape index (κ2) is 5.07. The lowest BCUT2D eigenvalue weighted by atomic mass is 10.2. The number of hydrogen-bond acceptors (Lipinski definition) is 5. The summed E-state index contributed by atoms with van der Waals surface area (Å²) in [6.07, 6.45) is 0. The first-order valence-electron chi connectivity index (χ1n) is 5.28. The molecule has 6 nitrogen and oxygen atoms in total. The molecular formula is C12H10N2O4S. The van der Waals surface area contributed by atoms with E-state index in [-0.39, 0.29) is 10.8 Å². The molecule has 2 aromatic rings. The highest BCUT2D eigenvalue weighted by Crippen LogP contribution is 2.32. The average Bonchev–Trinajstić information content (AvgIpc) is 2.71. The van der Waals surface area contributed by atoms with Crippen LogP contribution in [0.3, 0.4) is 0 Å². The van der Waals surface area contributed by atoms with Crippen LogP contribution in [0, 0.1) is 0 Å². The molecule has 1 amide bonds. The number of carbonyl (C=O) groups is 2. The van der Waals surface area contributed by atoms with Gasteiger partial charge in [-0.05, 0) is 24.3 Å². The van der Waals surface area contributed by atoms with Crippen LogP contribution < -0.4 is 5.32 Å². The molecule has 1 aromatic carbocycles. The molecule has 0 atom stereocenters. The van der Waals surface area contributed by atoms with E-state index in [1.807, 2.05) is 0 Å². The number of aromatic nitrogens is 1. The number of rotatable bonds is 3. The van der Waals surface area contributed by atoms with Crippen LogP contribution in [-0.2, 0) is 4.79 Å². The second-order valence-electron chi connectivity index (χ2n) is 3.74. The number of hydrogen-bond donors (Lipinski definition) is 3. The Kier molecular flexibility index (Phi) is 3.48. The third-order valence-electron chi connectivity index (χ3n) is 2.26. The Labute approximate surface area is 112 Å². The normalized spacial score (nSPS) is 10.2. The molecule has 7 heteroatoms. The van der Waals surface area contributed by atoms with Gasteiger partial charge >= 0.3 is 5.97 Å². The third kappa shape index (κ3) is 2.89. The standard InChI is InChI=1S/C12H10N2O4S/c1-6(15)13-8-4-2-7(3-5-8)11-14-10(16)9(19-11)12(17)18/h2-5,16H,1H3,(H,13,15)(H,17,18). The van der Waals surface area contributed by atoms with Crippen molar-refractivity contribution in [3.63, 3.8) is 0 Å². The van der Waals surface area contributed by atoms with Crippen LogP contribution in [0.1, 0.15) is 16.6 Å². The summed E-state index contributed by atoms with van der Waals surface area (Å²) < 4.78 is 0. The van der Waals surface area contributed by atoms with Gasteiger partial charge in [0.1, 0.15) is 5.01 Å². The zero-order valence-corrected chi connectivity index (χ0v) is 10.7. The third-order valence-corrected chi connectivity index (χ3v) is 3.34. The van der Waals surface area contributed by atoms with Crippen molar-refractivity contribution < 1.29 is 19.8 Å². The summed E-state index contributed by atoms with van der Waals surface area (Å²) >= 11 is 0.892. The van der Waals surface area contributed by atoms with Crippen LogP contribution in [0.2, 0.25) is 0 Å². The molecule has 98 valence electrons. The van der Waals surface area contributed by atoms with Crippen LogP contribution in [0.25, 0.3) is 10.6 Å². The van der Waals surface area contributed by atoms with E-state index in [1.165, 1.54) is 6.92 Å². The zero-order chi connectivity index (χ0) is 14.0. The van der Waals surface area contributed by atoms with Gasteiger partial charge < -0.3 is 15.5 Å². The monoisotopic (exact) mass is 278 g/mol. The van der Waals surface area contributed by atoms with Gasteiger partial charge in [-0.25, -0.2) is 9.78 Å². The molecule has 0 bridgehead atoms. The highest BCUT2D eigenvalue weighted by Gasteiger charge is 2.17. The molecule has 0 aliphatic rings. The Morgan fingerprint density at radius 2 is 1.89 bits per heavy atom. The zero-order valence-electron chi connectivity index (χ0n) is 9.88. The lowest BCUT2D eigenvalue weighted by molar-refractivity contribution is -0.114. The van der Waals surface area contributed by atoms with Crippen molar-refractivity contribution >= 4 is 28.9 Å². The molecule has 0 fully saturated rings. The number of nitrogens with one attached hydrogen (secondary N) is 1. The fourth-order valence-electron chi connectivity index (χ4n) is 1.47. The summed E-state index contributed by atoms with van der Waals surface area (Å²) in [6.45, 7) is 1.41. The minimum atomic E-state index is -1.21. The van der Waals surface area contributed by atoms with Crippen molar-refractivity contribution in [2.24, 2.45) is 0 Å². The number of anilines is 1. The van der Waals surface area contributed by atoms with Gasteiger partial charge in [-0.15, -0.1) is 11.3 Å². The first-order valence-corrected chi connectivity index (χ1v) is 6.10. The summed E-state index contributed by atoms with van der Waals surface area (Å²) in [7, 11) is 0. The Bertz CT molecular complexity index is 634. The molecule has 0 saturated carbocycles. The number of benzene rings is 1. The van der Waals surface area contributed by atoms with E-state index in [0.29, 0.717) is 16.3 Å². The molecule has 0 spiro atoms. The van der Waals surface area contributed by atoms with Gasteiger partial charge in [0.25, 0.3) is 0 Å². The summed E-state index contributed by atoms with van der Waals surface area (Å²) in [6, 6.07) is 6.73. The molecule has 0 aliphatic heterocycles. The lowest BCUT2D eigenvalue weighted by Gasteiger charge is -2.02. The van der Waals surface area contributed by atoms with Gasteiger partial charge in [-0.2, -0.15) is 0 Å². The maximum absolute atomic E-state index is 10.9. The van der Waals surface area contributed by atoms with E-state index in [1.54, 1.807) is 24.3 Å². The minimum absolute atomic E-state index is 0.173. The summed E-state index contributed by atoms with van der Waals surface area (Å²) in [5, 5.41) is 21.3. The largest absolute Gasteiger partial charge is 0.492 e. The number of aromatic hydroxyl groups is 1. The topological polar surface area (TPSA) is 99.5 Å². The number of carbonyl (C=O) groups excluding carboxylic acids is 1. The summed E-state index contributed by atoms with van der Waals surface area (Å²) in [5.74, 6) is -1.87. The SMILES string of the molecule is CC(=O)Nc1ccc(-c2nc(O)c(C(=O)O)s2)cc1. The molecule has 0 aliphatic carbocycles. The van der Waals surface area contributed by atoms with Crippen LogP contribution in [0.4, 0.5) is 5.69 Å². The lowest BCUT2D eigenvalue weighted by Crippen LogP contribution is -2.05. The van der Waals surface area contributed by atoms with Gasteiger partial charge in [0, 0.05) is 18.2 Å². The van der Waals surface area contributed by atoms with Gasteiger partial charge in [-0.1, -0.05) is 0 Å². The van der Waals surface area contributed by atoms with Crippen molar-refractivity contribution in [3.8, 4) is 16.5 Å². The average molecular weight is 278 g/mol. The first kappa shape index (κ1) is 13.0. The molecule has 1 aromatic heterocycles. The van der Waals surface area contributed by atoms with E-state index in [2.05, 4.69) is 10.3 Å². The Morgan fingerprint density at radius 3 is 2.37 bits per heavy atom. The van der Waals surface area contributed by atoms with Gasteiger partial charge in [0.15, 0.2) is 4.88 Å². The van der Waals surface area contributed by atoms with Crippen molar-refractivity contribution in [2.75, 3.05) is 5.32 Å². The number of thiazole rings is 1. The molecule has 0 unspecified atom stereocenters. The first-order chi connectivity index (χ1) is 8.97. The predicted octanol–water partition coefficient (Wildman–Crippen LogP) is 2.17. The highest BCUT2D eigenvalue weighted by atomic mass is 32.1. The van der Waals surface area contributed by atoms with Crippen molar-refractivity contribution in [2.45, 2.75) is 6.92 Å². The maximum Gasteiger partial charge on any atom is 0.351 e. The number of nitrogens with zero attached hydrogens (tertiary/aromatic N) is 1. The molecule has 3 N–H and O–H groups in total. The molecule has 1 heterocycles.